The van der Waals surface area contributed by atoms with Crippen LogP contribution in [-0.2, 0) is 0 Å². The lowest BCUT2D eigenvalue weighted by molar-refractivity contribution is 0.153. The zero-order chi connectivity index (χ0) is 12.6. The van der Waals surface area contributed by atoms with E-state index >= 15 is 0 Å². The van der Waals surface area contributed by atoms with Crippen LogP contribution in [0.15, 0.2) is 11.6 Å². The van der Waals surface area contributed by atoms with Gasteiger partial charge in [-0.2, -0.15) is 0 Å². The van der Waals surface area contributed by atoms with E-state index in [1.165, 1.54) is 18.4 Å². The number of nitrogens with zero attached hydrogens (tertiary/aromatic N) is 1. The summed E-state index contributed by atoms with van der Waals surface area (Å²) in [6.45, 7) is 8.22. The SMILES string of the molecule is CC=C1CC2CCC(C1)N2C(=O)NC(C)(C)C. The first kappa shape index (κ1) is 12.5. The molecule has 0 aromatic heterocycles. The largest absolute Gasteiger partial charge is 0.333 e. The number of carbonyl (C=O) groups is 1. The number of piperidine rings is 1. The van der Waals surface area contributed by atoms with Gasteiger partial charge < -0.3 is 10.2 Å². The van der Waals surface area contributed by atoms with Crippen LogP contribution in [0.1, 0.15) is 53.4 Å². The van der Waals surface area contributed by atoms with Crippen molar-refractivity contribution in [2.45, 2.75) is 71.0 Å². The van der Waals surface area contributed by atoms with Gasteiger partial charge in [-0.15, -0.1) is 0 Å². The summed E-state index contributed by atoms with van der Waals surface area (Å²) in [7, 11) is 0. The highest BCUT2D eigenvalue weighted by atomic mass is 16.2. The minimum atomic E-state index is -0.141. The van der Waals surface area contributed by atoms with E-state index in [1.54, 1.807) is 0 Å². The van der Waals surface area contributed by atoms with Gasteiger partial charge in [-0.1, -0.05) is 11.6 Å². The Kier molecular flexibility index (Phi) is 3.19. The van der Waals surface area contributed by atoms with Gasteiger partial charge >= 0.3 is 6.03 Å². The first-order valence-electron chi connectivity index (χ1n) is 6.65. The van der Waals surface area contributed by atoms with Crippen molar-refractivity contribution < 1.29 is 4.79 Å². The van der Waals surface area contributed by atoms with Gasteiger partial charge in [0.15, 0.2) is 0 Å². The van der Waals surface area contributed by atoms with Crippen LogP contribution in [0.4, 0.5) is 4.79 Å². The molecule has 2 heterocycles. The number of nitrogens with one attached hydrogen (secondary N) is 1. The fourth-order valence-electron chi connectivity index (χ4n) is 3.00. The van der Waals surface area contributed by atoms with Gasteiger partial charge in [0.2, 0.25) is 0 Å². The maximum Gasteiger partial charge on any atom is 0.318 e. The molecular formula is C14H24N2O. The molecule has 2 unspecified atom stereocenters. The number of allylic oxidation sites excluding steroid dienone is 1. The van der Waals surface area contributed by atoms with Crippen LogP contribution in [0.25, 0.3) is 0 Å². The number of fused-ring (bicyclic) bond motifs is 2. The maximum absolute atomic E-state index is 12.3. The van der Waals surface area contributed by atoms with E-state index in [0.717, 1.165) is 12.8 Å². The molecule has 17 heavy (non-hydrogen) atoms. The Morgan fingerprint density at radius 2 is 1.82 bits per heavy atom. The molecule has 0 saturated carbocycles. The van der Waals surface area contributed by atoms with Gasteiger partial charge in [-0.05, 0) is 53.4 Å². The van der Waals surface area contributed by atoms with Crippen molar-refractivity contribution in [3.63, 3.8) is 0 Å². The maximum atomic E-state index is 12.3. The molecule has 2 amide bonds. The lowest BCUT2D eigenvalue weighted by Crippen LogP contribution is -2.54. The average Bonchev–Trinajstić information content (AvgIpc) is 2.47. The van der Waals surface area contributed by atoms with E-state index in [1.807, 2.05) is 20.8 Å². The summed E-state index contributed by atoms with van der Waals surface area (Å²) in [4.78, 5) is 14.4. The second kappa shape index (κ2) is 4.35. The highest BCUT2D eigenvalue weighted by molar-refractivity contribution is 5.76. The highest BCUT2D eigenvalue weighted by Crippen LogP contribution is 2.38. The van der Waals surface area contributed by atoms with Crippen LogP contribution in [0.2, 0.25) is 0 Å². The zero-order valence-electron chi connectivity index (χ0n) is 11.4. The molecule has 0 aliphatic carbocycles. The summed E-state index contributed by atoms with van der Waals surface area (Å²) in [5.74, 6) is 0. The smallest absolute Gasteiger partial charge is 0.318 e. The summed E-state index contributed by atoms with van der Waals surface area (Å²) in [6, 6.07) is 0.991. The van der Waals surface area contributed by atoms with Crippen LogP contribution in [-0.4, -0.2) is 28.6 Å². The normalized spacial score (nSPS) is 28.2. The molecule has 0 aromatic rings. The number of rotatable bonds is 0. The Labute approximate surface area is 104 Å². The Morgan fingerprint density at radius 3 is 2.24 bits per heavy atom. The van der Waals surface area contributed by atoms with Crippen molar-refractivity contribution in [3.8, 4) is 0 Å². The minimum absolute atomic E-state index is 0.125. The van der Waals surface area contributed by atoms with Crippen LogP contribution >= 0.6 is 0 Å². The predicted octanol–water partition coefficient (Wildman–Crippen LogP) is 3.07. The molecule has 96 valence electrons. The monoisotopic (exact) mass is 236 g/mol. The molecule has 2 fully saturated rings. The van der Waals surface area contributed by atoms with Crippen molar-refractivity contribution in [2.75, 3.05) is 0 Å². The molecule has 2 bridgehead atoms. The Hall–Kier alpha value is -0.990. The van der Waals surface area contributed by atoms with Crippen molar-refractivity contribution in [3.05, 3.63) is 11.6 Å². The topological polar surface area (TPSA) is 32.3 Å². The van der Waals surface area contributed by atoms with Gasteiger partial charge in [-0.3, -0.25) is 0 Å². The summed E-state index contributed by atoms with van der Waals surface area (Å²) < 4.78 is 0. The van der Waals surface area contributed by atoms with Gasteiger partial charge in [-0.25, -0.2) is 4.79 Å². The highest BCUT2D eigenvalue weighted by Gasteiger charge is 2.41. The number of hydrogen-bond acceptors (Lipinski definition) is 1. The second-order valence-electron chi connectivity index (χ2n) is 6.33. The predicted molar refractivity (Wildman–Crippen MR) is 69.9 cm³/mol. The Bertz CT molecular complexity index is 325. The van der Waals surface area contributed by atoms with Crippen molar-refractivity contribution in [1.82, 2.24) is 10.2 Å². The lowest BCUT2D eigenvalue weighted by atomic mass is 9.97. The van der Waals surface area contributed by atoms with Crippen LogP contribution in [0.3, 0.4) is 0 Å². The van der Waals surface area contributed by atoms with E-state index in [4.69, 9.17) is 0 Å². The fraction of sp³-hybridized carbons (Fsp3) is 0.786. The zero-order valence-corrected chi connectivity index (χ0v) is 11.4. The van der Waals surface area contributed by atoms with E-state index in [9.17, 15) is 4.79 Å². The van der Waals surface area contributed by atoms with E-state index in [0.29, 0.717) is 12.1 Å². The molecule has 2 saturated heterocycles. The first-order chi connectivity index (χ1) is 7.90. The molecule has 2 atom stereocenters. The van der Waals surface area contributed by atoms with Crippen molar-refractivity contribution in [1.29, 1.82) is 0 Å². The van der Waals surface area contributed by atoms with Gasteiger partial charge in [0.05, 0.1) is 0 Å². The summed E-state index contributed by atoms with van der Waals surface area (Å²) in [5, 5.41) is 3.09. The van der Waals surface area contributed by atoms with E-state index < -0.39 is 0 Å². The van der Waals surface area contributed by atoms with Gasteiger partial charge in [0.25, 0.3) is 0 Å². The molecule has 3 heteroatoms. The summed E-state index contributed by atoms with van der Waals surface area (Å²) >= 11 is 0. The van der Waals surface area contributed by atoms with Crippen molar-refractivity contribution in [2.24, 2.45) is 0 Å². The van der Waals surface area contributed by atoms with Crippen molar-refractivity contribution >= 4 is 6.03 Å². The third-order valence-corrected chi connectivity index (χ3v) is 3.74. The second-order valence-corrected chi connectivity index (χ2v) is 6.33. The lowest BCUT2D eigenvalue weighted by Gasteiger charge is -2.38. The Morgan fingerprint density at radius 1 is 1.29 bits per heavy atom. The average molecular weight is 236 g/mol. The third-order valence-electron chi connectivity index (χ3n) is 3.74. The molecule has 0 radical (unpaired) electrons. The minimum Gasteiger partial charge on any atom is -0.333 e. The number of urea groups is 1. The molecular weight excluding hydrogens is 212 g/mol. The van der Waals surface area contributed by atoms with E-state index in [-0.39, 0.29) is 11.6 Å². The quantitative estimate of drug-likeness (QED) is 0.644. The fourth-order valence-corrected chi connectivity index (χ4v) is 3.00. The molecule has 0 aromatic carbocycles. The molecule has 2 aliphatic heterocycles. The van der Waals surface area contributed by atoms with Crippen LogP contribution in [0, 0.1) is 0 Å². The van der Waals surface area contributed by atoms with Gasteiger partial charge in [0.1, 0.15) is 0 Å². The molecule has 2 aliphatic rings. The Balaban J connectivity index is 2.06. The van der Waals surface area contributed by atoms with Gasteiger partial charge in [0, 0.05) is 17.6 Å². The number of hydrogen-bond donors (Lipinski definition) is 1. The molecule has 2 rings (SSSR count). The van der Waals surface area contributed by atoms with Crippen LogP contribution < -0.4 is 5.32 Å². The summed E-state index contributed by atoms with van der Waals surface area (Å²) in [5.41, 5.74) is 1.38. The summed E-state index contributed by atoms with van der Waals surface area (Å²) in [6.07, 6.45) is 6.71. The molecule has 0 spiro atoms. The first-order valence-corrected chi connectivity index (χ1v) is 6.65. The van der Waals surface area contributed by atoms with E-state index in [2.05, 4.69) is 23.2 Å². The van der Waals surface area contributed by atoms with Crippen LogP contribution in [0.5, 0.6) is 0 Å². The third kappa shape index (κ3) is 2.64. The standard InChI is InChI=1S/C14H24N2O/c1-5-10-8-11-6-7-12(9-10)16(11)13(17)15-14(2,3)4/h5,11-12H,6-9H2,1-4H3,(H,15,17). The molecule has 3 nitrogen and oxygen atoms in total. The molecule has 1 N–H and O–H groups in total. The number of carbonyl (C=O) groups excluding carboxylic acids is 1. The number of amides is 2.